The van der Waals surface area contributed by atoms with Crippen molar-refractivity contribution in [2.75, 3.05) is 0 Å². The summed E-state index contributed by atoms with van der Waals surface area (Å²) in [6, 6.07) is 54.9. The summed E-state index contributed by atoms with van der Waals surface area (Å²) in [6.45, 7) is 0. The molecule has 1 aliphatic heterocycles. The number of aliphatic imine (C=N–C) groups is 1. The van der Waals surface area contributed by atoms with Gasteiger partial charge in [-0.05, 0) is 67.4 Å². The monoisotopic (exact) mass is 619 g/mol. The van der Waals surface area contributed by atoms with Gasteiger partial charge in [-0.3, -0.25) is 5.32 Å². The minimum atomic E-state index is -0.154. The van der Waals surface area contributed by atoms with E-state index in [0.29, 0.717) is 0 Å². The number of nitrogens with one attached hydrogen (secondary N) is 2. The molecule has 0 fully saturated rings. The summed E-state index contributed by atoms with van der Waals surface area (Å²) in [5.74, 6) is 0.894. The lowest BCUT2D eigenvalue weighted by Gasteiger charge is -2.32. The maximum Gasteiger partial charge on any atom is 0.131 e. The van der Waals surface area contributed by atoms with E-state index < -0.39 is 0 Å². The molecule has 1 aliphatic carbocycles. The molecule has 2 unspecified atom stereocenters. The van der Waals surface area contributed by atoms with E-state index >= 15 is 0 Å². The van der Waals surface area contributed by atoms with E-state index in [2.05, 4.69) is 150 Å². The van der Waals surface area contributed by atoms with Crippen LogP contribution in [-0.2, 0) is 0 Å². The van der Waals surface area contributed by atoms with Crippen LogP contribution in [-0.4, -0.2) is 5.84 Å². The Morgan fingerprint density at radius 2 is 1.04 bits per heavy atom. The summed E-state index contributed by atoms with van der Waals surface area (Å²) in [6.07, 6.45) is -0.250. The highest BCUT2D eigenvalue weighted by Crippen LogP contribution is 2.51. The standard InChI is InChI=1S/C43H29N3S/c1-3-10-27(11-4-1)41-44-42(28-12-5-2-6-13-28)46-43(45-41)29-22-20-26(21-23-29)30-24-25-35-34-17-9-19-37-40(34)39-33(16-8-18-36(39)47-37)32-15-7-14-31(30)38(32)35/h1-25,41,43,45H,(H,44,46). The fourth-order valence-electron chi connectivity index (χ4n) is 7.56. The zero-order chi connectivity index (χ0) is 30.9. The van der Waals surface area contributed by atoms with Gasteiger partial charge in [-0.2, -0.15) is 0 Å². The molecule has 47 heavy (non-hydrogen) atoms. The molecule has 8 aromatic rings. The quantitative estimate of drug-likeness (QED) is 0.206. The molecule has 0 radical (unpaired) electrons. The van der Waals surface area contributed by atoms with Crippen molar-refractivity contribution in [2.24, 2.45) is 4.99 Å². The Hall–Kier alpha value is -5.55. The van der Waals surface area contributed by atoms with Crippen molar-refractivity contribution in [3.8, 4) is 33.4 Å². The molecule has 0 bridgehead atoms. The van der Waals surface area contributed by atoms with Crippen LogP contribution < -0.4 is 10.6 Å². The highest BCUT2D eigenvalue weighted by Gasteiger charge is 2.26. The summed E-state index contributed by atoms with van der Waals surface area (Å²) >= 11 is 1.90. The van der Waals surface area contributed by atoms with Gasteiger partial charge in [0.15, 0.2) is 0 Å². The second-order valence-corrected chi connectivity index (χ2v) is 13.5. The molecule has 0 saturated heterocycles. The van der Waals surface area contributed by atoms with Gasteiger partial charge < -0.3 is 5.32 Å². The van der Waals surface area contributed by atoms with Crippen LogP contribution in [0.4, 0.5) is 0 Å². The second kappa shape index (κ2) is 10.5. The van der Waals surface area contributed by atoms with Crippen LogP contribution in [0.5, 0.6) is 0 Å². The lowest BCUT2D eigenvalue weighted by Crippen LogP contribution is -2.44. The summed E-state index contributed by atoms with van der Waals surface area (Å²) in [7, 11) is 0. The summed E-state index contributed by atoms with van der Waals surface area (Å²) in [4.78, 5) is 5.07. The first kappa shape index (κ1) is 26.6. The molecule has 0 spiro atoms. The molecule has 2 atom stereocenters. The minimum absolute atomic E-state index is 0.0957. The topological polar surface area (TPSA) is 36.4 Å². The first-order valence-electron chi connectivity index (χ1n) is 16.1. The number of benzene rings is 7. The number of rotatable bonds is 4. The van der Waals surface area contributed by atoms with Gasteiger partial charge in [0.1, 0.15) is 18.2 Å². The van der Waals surface area contributed by atoms with Crippen LogP contribution >= 0.6 is 11.3 Å². The average Bonchev–Trinajstić information content (AvgIpc) is 3.48. The molecule has 222 valence electrons. The van der Waals surface area contributed by atoms with Crippen molar-refractivity contribution in [1.29, 1.82) is 0 Å². The smallest absolute Gasteiger partial charge is 0.131 e. The van der Waals surface area contributed by atoms with Gasteiger partial charge in [0, 0.05) is 25.7 Å². The SMILES string of the molecule is c1ccc(C2=NC(c3ccccc3)NC(c3ccc(-c4ccc5c6c(cccc46)-c4cccc6sc7cccc-5c7c46)cc3)N2)cc1. The molecule has 1 aromatic heterocycles. The number of fused-ring (bicyclic) bond motifs is 2. The lowest BCUT2D eigenvalue weighted by molar-refractivity contribution is 0.409. The van der Waals surface area contributed by atoms with Crippen LogP contribution in [0.15, 0.2) is 157 Å². The third-order valence-electron chi connectivity index (χ3n) is 9.72. The number of amidine groups is 1. The van der Waals surface area contributed by atoms with Crippen molar-refractivity contribution in [2.45, 2.75) is 12.3 Å². The van der Waals surface area contributed by atoms with E-state index in [-0.39, 0.29) is 12.3 Å². The average molecular weight is 620 g/mol. The predicted molar refractivity (Wildman–Crippen MR) is 198 cm³/mol. The zero-order valence-electron chi connectivity index (χ0n) is 25.4. The predicted octanol–water partition coefficient (Wildman–Crippen LogP) is 10.9. The molecule has 2 heterocycles. The second-order valence-electron chi connectivity index (χ2n) is 12.4. The van der Waals surface area contributed by atoms with Crippen LogP contribution in [0.2, 0.25) is 0 Å². The number of hydrogen-bond acceptors (Lipinski definition) is 4. The van der Waals surface area contributed by atoms with Crippen LogP contribution in [0.25, 0.3) is 64.3 Å². The molecule has 0 saturated carbocycles. The summed E-state index contributed by atoms with van der Waals surface area (Å²) in [5.41, 5.74) is 11.1. The van der Waals surface area contributed by atoms with E-state index in [1.807, 2.05) is 23.5 Å². The third-order valence-corrected chi connectivity index (χ3v) is 10.8. The van der Waals surface area contributed by atoms with Crippen molar-refractivity contribution < 1.29 is 0 Å². The highest BCUT2D eigenvalue weighted by atomic mass is 32.1. The molecule has 7 aromatic carbocycles. The van der Waals surface area contributed by atoms with Crippen LogP contribution in [0.1, 0.15) is 29.0 Å². The zero-order valence-corrected chi connectivity index (χ0v) is 26.3. The number of hydrogen-bond donors (Lipinski definition) is 2. The normalized spacial score (nSPS) is 16.7. The molecule has 2 aliphatic rings. The van der Waals surface area contributed by atoms with Gasteiger partial charge in [-0.1, -0.05) is 140 Å². The maximum absolute atomic E-state index is 5.07. The van der Waals surface area contributed by atoms with E-state index in [4.69, 9.17) is 4.99 Å². The van der Waals surface area contributed by atoms with Gasteiger partial charge in [0.25, 0.3) is 0 Å². The van der Waals surface area contributed by atoms with E-state index in [1.54, 1.807) is 0 Å². The number of nitrogens with zero attached hydrogens (tertiary/aromatic N) is 1. The summed E-state index contributed by atoms with van der Waals surface area (Å²) < 4.78 is 2.70. The minimum Gasteiger partial charge on any atom is -0.350 e. The van der Waals surface area contributed by atoms with Gasteiger partial charge in [0.05, 0.1) is 0 Å². The Morgan fingerprint density at radius 1 is 0.447 bits per heavy atom. The summed E-state index contributed by atoms with van der Waals surface area (Å²) in [5, 5.41) is 12.8. The highest BCUT2D eigenvalue weighted by molar-refractivity contribution is 7.26. The Bertz CT molecular complexity index is 2450. The first-order valence-corrected chi connectivity index (χ1v) is 16.9. The Balaban J connectivity index is 1.07. The fraction of sp³-hybridized carbons (Fsp3) is 0.0465. The van der Waals surface area contributed by atoms with Gasteiger partial charge in [-0.15, -0.1) is 11.3 Å². The molecule has 2 N–H and O–H groups in total. The largest absolute Gasteiger partial charge is 0.350 e. The van der Waals surface area contributed by atoms with E-state index in [0.717, 1.165) is 17.0 Å². The first-order chi connectivity index (χ1) is 23.3. The molecule has 3 nitrogen and oxygen atoms in total. The third kappa shape index (κ3) is 4.19. The van der Waals surface area contributed by atoms with E-state index in [9.17, 15) is 0 Å². The molecular formula is C43H29N3S. The van der Waals surface area contributed by atoms with Gasteiger partial charge in [-0.25, -0.2) is 4.99 Å². The van der Waals surface area contributed by atoms with Crippen LogP contribution in [0.3, 0.4) is 0 Å². The van der Waals surface area contributed by atoms with Crippen molar-refractivity contribution in [3.63, 3.8) is 0 Å². The van der Waals surface area contributed by atoms with Crippen molar-refractivity contribution in [1.82, 2.24) is 10.6 Å². The molecule has 4 heteroatoms. The van der Waals surface area contributed by atoms with Crippen molar-refractivity contribution in [3.05, 3.63) is 168 Å². The van der Waals surface area contributed by atoms with E-state index in [1.165, 1.54) is 69.9 Å². The van der Waals surface area contributed by atoms with Crippen LogP contribution in [0, 0.1) is 0 Å². The number of thiophene rings is 1. The van der Waals surface area contributed by atoms with Gasteiger partial charge >= 0.3 is 0 Å². The molecule has 0 amide bonds. The van der Waals surface area contributed by atoms with Crippen molar-refractivity contribution >= 4 is 48.1 Å². The lowest BCUT2D eigenvalue weighted by atomic mass is 9.88. The Kier molecular flexibility index (Phi) is 5.95. The molecule has 10 rings (SSSR count). The maximum atomic E-state index is 5.07. The Morgan fingerprint density at radius 3 is 1.74 bits per heavy atom. The Labute approximate surface area is 276 Å². The van der Waals surface area contributed by atoms with Gasteiger partial charge in [0.2, 0.25) is 0 Å². The fourth-order valence-corrected chi connectivity index (χ4v) is 8.72. The molecular weight excluding hydrogens is 591 g/mol.